The van der Waals surface area contributed by atoms with Crippen molar-refractivity contribution in [2.45, 2.75) is 0 Å². The number of hydrogen-bond acceptors (Lipinski definition) is 4. The summed E-state index contributed by atoms with van der Waals surface area (Å²) < 4.78 is 7.61. The monoisotopic (exact) mass is 448 g/mol. The van der Waals surface area contributed by atoms with Crippen molar-refractivity contribution in [2.24, 2.45) is 0 Å². The molecule has 5 nitrogen and oxygen atoms in total. The molecule has 3 aromatic carbocycles. The molecule has 4 rings (SSSR count). The predicted molar refractivity (Wildman–Crippen MR) is 119 cm³/mol. The molecular formula is C23H17BrN2O3. The van der Waals surface area contributed by atoms with Gasteiger partial charge in [-0.15, -0.1) is 0 Å². The van der Waals surface area contributed by atoms with E-state index in [2.05, 4.69) is 20.9 Å². The topological polar surface area (TPSA) is 64.3 Å². The molecule has 0 unspecified atom stereocenters. The zero-order chi connectivity index (χ0) is 20.4. The van der Waals surface area contributed by atoms with Crippen LogP contribution in [-0.4, -0.2) is 21.8 Å². The number of nitrogens with zero attached hydrogens (tertiary/aromatic N) is 2. The second-order valence-corrected chi connectivity index (χ2v) is 7.28. The lowest BCUT2D eigenvalue weighted by Crippen LogP contribution is -2.22. The average molecular weight is 449 g/mol. The second kappa shape index (κ2) is 7.93. The molecule has 0 fully saturated rings. The van der Waals surface area contributed by atoms with E-state index in [9.17, 15) is 9.90 Å². The number of para-hydroxylation sites is 1. The highest BCUT2D eigenvalue weighted by molar-refractivity contribution is 9.10. The summed E-state index contributed by atoms with van der Waals surface area (Å²) in [6, 6.07) is 19.6. The van der Waals surface area contributed by atoms with E-state index in [4.69, 9.17) is 4.74 Å². The van der Waals surface area contributed by atoms with E-state index >= 15 is 0 Å². The van der Waals surface area contributed by atoms with Crippen molar-refractivity contribution < 1.29 is 9.84 Å². The number of aromatic hydroxyl groups is 1. The Bertz CT molecular complexity index is 1280. The van der Waals surface area contributed by atoms with Crippen molar-refractivity contribution in [3.05, 3.63) is 92.9 Å². The van der Waals surface area contributed by atoms with E-state index in [-0.39, 0.29) is 11.3 Å². The number of ether oxygens (including phenoxy) is 1. The Balaban J connectivity index is 1.92. The van der Waals surface area contributed by atoms with Crippen LogP contribution >= 0.6 is 15.9 Å². The summed E-state index contributed by atoms with van der Waals surface area (Å²) in [6.45, 7) is 0. The highest BCUT2D eigenvalue weighted by Crippen LogP contribution is 2.24. The Hall–Kier alpha value is -3.38. The Morgan fingerprint density at radius 3 is 2.55 bits per heavy atom. The molecule has 0 radical (unpaired) electrons. The maximum atomic E-state index is 13.2. The van der Waals surface area contributed by atoms with Crippen LogP contribution in [0.2, 0.25) is 0 Å². The van der Waals surface area contributed by atoms with Gasteiger partial charge >= 0.3 is 0 Å². The third kappa shape index (κ3) is 3.79. The first-order chi connectivity index (χ1) is 14.1. The van der Waals surface area contributed by atoms with E-state index in [0.29, 0.717) is 33.7 Å². The highest BCUT2D eigenvalue weighted by Gasteiger charge is 2.11. The molecule has 0 spiro atoms. The van der Waals surface area contributed by atoms with Gasteiger partial charge < -0.3 is 9.84 Å². The molecule has 0 aliphatic rings. The molecule has 0 bridgehead atoms. The van der Waals surface area contributed by atoms with Gasteiger partial charge in [0.25, 0.3) is 5.56 Å². The first-order valence-corrected chi connectivity index (χ1v) is 9.69. The van der Waals surface area contributed by atoms with Gasteiger partial charge in [-0.3, -0.25) is 9.36 Å². The minimum absolute atomic E-state index is 0.142. The summed E-state index contributed by atoms with van der Waals surface area (Å²) in [7, 11) is 1.59. The fraction of sp³-hybridized carbons (Fsp3) is 0.0435. The van der Waals surface area contributed by atoms with Crippen LogP contribution in [0.1, 0.15) is 11.4 Å². The van der Waals surface area contributed by atoms with E-state index in [0.717, 1.165) is 4.47 Å². The number of halogens is 1. The molecule has 1 aromatic heterocycles. The summed E-state index contributed by atoms with van der Waals surface area (Å²) >= 11 is 3.40. The van der Waals surface area contributed by atoms with Gasteiger partial charge in [0.15, 0.2) is 0 Å². The average Bonchev–Trinajstić information content (AvgIpc) is 2.75. The quantitative estimate of drug-likeness (QED) is 0.475. The van der Waals surface area contributed by atoms with Crippen molar-refractivity contribution in [3.63, 3.8) is 0 Å². The number of benzene rings is 3. The van der Waals surface area contributed by atoms with E-state index in [1.54, 1.807) is 60.2 Å². The molecule has 0 aliphatic carbocycles. The Labute approximate surface area is 175 Å². The summed E-state index contributed by atoms with van der Waals surface area (Å²) in [5, 5.41) is 10.6. The van der Waals surface area contributed by atoms with Crippen LogP contribution in [-0.2, 0) is 0 Å². The van der Waals surface area contributed by atoms with E-state index in [1.165, 1.54) is 0 Å². The van der Waals surface area contributed by atoms with Crippen LogP contribution in [0.3, 0.4) is 0 Å². The molecule has 6 heteroatoms. The fourth-order valence-corrected chi connectivity index (χ4v) is 3.44. The molecule has 4 aromatic rings. The van der Waals surface area contributed by atoms with Gasteiger partial charge in [-0.1, -0.05) is 28.1 Å². The Kier molecular flexibility index (Phi) is 5.18. The van der Waals surface area contributed by atoms with Crippen molar-refractivity contribution in [1.82, 2.24) is 9.55 Å². The van der Waals surface area contributed by atoms with E-state index < -0.39 is 0 Å². The summed E-state index contributed by atoms with van der Waals surface area (Å²) in [5.74, 6) is 1.30. The molecule has 0 atom stereocenters. The maximum Gasteiger partial charge on any atom is 0.266 e. The number of phenolic OH excluding ortho intramolecular Hbond substituents is 1. The normalized spacial score (nSPS) is 11.2. The van der Waals surface area contributed by atoms with Gasteiger partial charge in [-0.05, 0) is 66.7 Å². The lowest BCUT2D eigenvalue weighted by molar-refractivity contribution is 0.414. The molecular weight excluding hydrogens is 432 g/mol. The van der Waals surface area contributed by atoms with Crippen LogP contribution in [0.25, 0.3) is 28.7 Å². The van der Waals surface area contributed by atoms with Crippen molar-refractivity contribution in [3.8, 4) is 17.2 Å². The summed E-state index contributed by atoms with van der Waals surface area (Å²) in [6.07, 6.45) is 3.45. The molecule has 0 saturated carbocycles. The number of fused-ring (bicyclic) bond motifs is 1. The van der Waals surface area contributed by atoms with Crippen molar-refractivity contribution >= 4 is 39.0 Å². The zero-order valence-corrected chi connectivity index (χ0v) is 17.1. The van der Waals surface area contributed by atoms with E-state index in [1.807, 2.05) is 30.3 Å². The van der Waals surface area contributed by atoms with Gasteiger partial charge in [-0.25, -0.2) is 4.98 Å². The number of aromatic nitrogens is 2. The molecule has 0 aliphatic heterocycles. The van der Waals surface area contributed by atoms with Crippen molar-refractivity contribution in [2.75, 3.05) is 7.11 Å². The van der Waals surface area contributed by atoms with Crippen LogP contribution < -0.4 is 10.3 Å². The predicted octanol–water partition coefficient (Wildman–Crippen LogP) is 5.03. The highest BCUT2D eigenvalue weighted by atomic mass is 79.9. The summed E-state index contributed by atoms with van der Waals surface area (Å²) in [5.41, 5.74) is 1.73. The van der Waals surface area contributed by atoms with Crippen LogP contribution in [0.4, 0.5) is 0 Å². The van der Waals surface area contributed by atoms with Crippen LogP contribution in [0.5, 0.6) is 11.5 Å². The number of rotatable bonds is 4. The first-order valence-electron chi connectivity index (χ1n) is 8.89. The van der Waals surface area contributed by atoms with Crippen LogP contribution in [0.15, 0.2) is 76.0 Å². The Morgan fingerprint density at radius 2 is 1.79 bits per heavy atom. The largest absolute Gasteiger partial charge is 0.507 e. The molecule has 144 valence electrons. The molecule has 1 N–H and O–H groups in total. The minimum atomic E-state index is -0.168. The SMILES string of the molecule is COc1ccc(-n2c(/C=C/c3cc(Br)ccc3O)nc3ccccc3c2=O)cc1. The lowest BCUT2D eigenvalue weighted by Gasteiger charge is -2.12. The number of hydrogen-bond donors (Lipinski definition) is 1. The first kappa shape index (κ1) is 19.0. The number of methoxy groups -OCH3 is 1. The van der Waals surface area contributed by atoms with Crippen molar-refractivity contribution in [1.29, 1.82) is 0 Å². The van der Waals surface area contributed by atoms with Crippen LogP contribution in [0, 0.1) is 0 Å². The number of phenols is 1. The smallest absolute Gasteiger partial charge is 0.266 e. The van der Waals surface area contributed by atoms with Gasteiger partial charge in [0.1, 0.15) is 17.3 Å². The third-order valence-corrected chi connectivity index (χ3v) is 5.03. The van der Waals surface area contributed by atoms with Gasteiger partial charge in [0.05, 0.1) is 23.7 Å². The van der Waals surface area contributed by atoms with Gasteiger partial charge in [-0.2, -0.15) is 0 Å². The fourth-order valence-electron chi connectivity index (χ4n) is 3.07. The van der Waals surface area contributed by atoms with Gasteiger partial charge in [0.2, 0.25) is 0 Å². The third-order valence-electron chi connectivity index (χ3n) is 4.53. The lowest BCUT2D eigenvalue weighted by atomic mass is 10.1. The van der Waals surface area contributed by atoms with Gasteiger partial charge in [0, 0.05) is 10.0 Å². The molecule has 0 amide bonds. The summed E-state index contributed by atoms with van der Waals surface area (Å²) in [4.78, 5) is 17.9. The minimum Gasteiger partial charge on any atom is -0.507 e. The Morgan fingerprint density at radius 1 is 1.03 bits per heavy atom. The zero-order valence-electron chi connectivity index (χ0n) is 15.5. The molecule has 0 saturated heterocycles. The molecule has 29 heavy (non-hydrogen) atoms. The maximum absolute atomic E-state index is 13.2. The second-order valence-electron chi connectivity index (χ2n) is 6.36. The molecule has 1 heterocycles. The standard InChI is InChI=1S/C23H17BrN2O3/c1-29-18-10-8-17(9-11-18)26-22(13-6-15-14-16(24)7-12-21(15)27)25-20-5-3-2-4-19(20)23(26)28/h2-14,27H,1H3/b13-6+.